The van der Waals surface area contributed by atoms with Crippen molar-refractivity contribution in [2.75, 3.05) is 12.4 Å². The number of rotatable bonds is 7. The Morgan fingerprint density at radius 2 is 1.85 bits per heavy atom. The molecule has 176 valence electrons. The molecule has 1 atom stereocenters. The maximum atomic E-state index is 13.0. The van der Waals surface area contributed by atoms with Crippen LogP contribution in [0.3, 0.4) is 0 Å². The summed E-state index contributed by atoms with van der Waals surface area (Å²) in [5, 5.41) is 6.47. The van der Waals surface area contributed by atoms with E-state index in [0.717, 1.165) is 24.8 Å². The van der Waals surface area contributed by atoms with E-state index in [0.29, 0.717) is 17.5 Å². The molecule has 3 aliphatic rings. The Morgan fingerprint density at radius 1 is 1.12 bits per heavy atom. The number of nitrogens with one attached hydrogen (secondary N) is 2. The highest BCUT2D eigenvalue weighted by atomic mass is 16.6. The van der Waals surface area contributed by atoms with Gasteiger partial charge in [0.25, 0.3) is 0 Å². The van der Waals surface area contributed by atoms with Gasteiger partial charge in [-0.3, -0.25) is 0 Å². The number of methoxy groups -OCH3 is 1. The molecule has 3 saturated carbocycles. The van der Waals surface area contributed by atoms with E-state index >= 15 is 0 Å². The summed E-state index contributed by atoms with van der Waals surface area (Å²) in [6.45, 7) is 5.69. The summed E-state index contributed by atoms with van der Waals surface area (Å²) in [6, 6.07) is 11.2. The summed E-state index contributed by atoms with van der Waals surface area (Å²) in [5.74, 6) is 0.701. The number of pyridine rings is 1. The van der Waals surface area contributed by atoms with Gasteiger partial charge < -0.3 is 24.8 Å². The molecule has 8 nitrogen and oxygen atoms in total. The van der Waals surface area contributed by atoms with Gasteiger partial charge in [0.1, 0.15) is 29.3 Å². The third-order valence-corrected chi connectivity index (χ3v) is 6.12. The van der Waals surface area contributed by atoms with Crippen LogP contribution in [0.25, 0.3) is 0 Å². The van der Waals surface area contributed by atoms with Gasteiger partial charge in [0.05, 0.1) is 7.11 Å². The molecule has 0 radical (unpaired) electrons. The zero-order valence-electron chi connectivity index (χ0n) is 19.5. The number of anilines is 1. The second-order valence-corrected chi connectivity index (χ2v) is 9.83. The number of aromatic nitrogens is 1. The first-order valence-electron chi connectivity index (χ1n) is 11.2. The van der Waals surface area contributed by atoms with Gasteiger partial charge >= 0.3 is 12.1 Å². The average molecular weight is 454 g/mol. The maximum Gasteiger partial charge on any atom is 0.407 e. The second kappa shape index (κ2) is 8.92. The molecule has 1 aromatic heterocycles. The molecule has 2 aromatic rings. The second-order valence-electron chi connectivity index (χ2n) is 9.83. The smallest absolute Gasteiger partial charge is 0.407 e. The number of carbonyl (C=O) groups is 2. The first-order valence-corrected chi connectivity index (χ1v) is 11.2. The predicted molar refractivity (Wildman–Crippen MR) is 123 cm³/mol. The van der Waals surface area contributed by atoms with Crippen molar-refractivity contribution >= 4 is 17.9 Å². The minimum Gasteiger partial charge on any atom is -0.496 e. The number of fused-ring (bicyclic) bond motifs is 1. The SMILES string of the molecule is COc1ccnc(NC23CC(C2)C(NC(=O)OC(C)(C)C)C3)c1C(=O)OCc1ccccc1. The molecule has 8 heteroatoms. The summed E-state index contributed by atoms with van der Waals surface area (Å²) in [5.41, 5.74) is 0.395. The molecule has 1 amide bonds. The van der Waals surface area contributed by atoms with Crippen LogP contribution in [0.15, 0.2) is 42.6 Å². The van der Waals surface area contributed by atoms with Gasteiger partial charge in [-0.2, -0.15) is 0 Å². The van der Waals surface area contributed by atoms with Crippen LogP contribution in [-0.4, -0.2) is 41.3 Å². The molecular weight excluding hydrogens is 422 g/mol. The lowest BCUT2D eigenvalue weighted by molar-refractivity contribution is 0.0465. The zero-order valence-corrected chi connectivity index (χ0v) is 19.5. The Bertz CT molecular complexity index is 1010. The van der Waals surface area contributed by atoms with E-state index in [-0.39, 0.29) is 23.8 Å². The highest BCUT2D eigenvalue weighted by Crippen LogP contribution is 2.54. The number of nitrogens with zero attached hydrogens (tertiary/aromatic N) is 1. The van der Waals surface area contributed by atoms with Crippen molar-refractivity contribution in [3.05, 3.63) is 53.7 Å². The van der Waals surface area contributed by atoms with E-state index in [9.17, 15) is 9.59 Å². The van der Waals surface area contributed by atoms with Crippen molar-refractivity contribution in [2.45, 2.75) is 63.8 Å². The van der Waals surface area contributed by atoms with E-state index in [1.807, 2.05) is 51.1 Å². The molecule has 33 heavy (non-hydrogen) atoms. The van der Waals surface area contributed by atoms with Crippen molar-refractivity contribution in [2.24, 2.45) is 5.92 Å². The molecule has 0 saturated heterocycles. The molecule has 0 aliphatic heterocycles. The lowest BCUT2D eigenvalue weighted by atomic mass is 9.76. The van der Waals surface area contributed by atoms with E-state index in [2.05, 4.69) is 15.6 Å². The van der Waals surface area contributed by atoms with Crippen LogP contribution in [0.1, 0.15) is 56.0 Å². The van der Waals surface area contributed by atoms with Crippen molar-refractivity contribution < 1.29 is 23.8 Å². The Balaban J connectivity index is 1.45. The number of ether oxygens (including phenoxy) is 3. The Kier molecular flexibility index (Phi) is 6.19. The highest BCUT2D eigenvalue weighted by Gasteiger charge is 2.57. The van der Waals surface area contributed by atoms with Gasteiger partial charge in [0.15, 0.2) is 0 Å². The lowest BCUT2D eigenvalue weighted by Gasteiger charge is -2.39. The number of hydrogen-bond acceptors (Lipinski definition) is 7. The van der Waals surface area contributed by atoms with Crippen molar-refractivity contribution in [3.63, 3.8) is 0 Å². The minimum atomic E-state index is -0.541. The standard InChI is InChI=1S/C25H31N3O5/c1-24(2,3)33-23(30)27-18-14-25(12-17(18)13-25)28-21-20(19(31-4)10-11-26-21)22(29)32-15-16-8-6-5-7-9-16/h5-11,17-18H,12-15H2,1-4H3,(H,26,28)(H,27,30). The molecular formula is C25H31N3O5. The average Bonchev–Trinajstić information content (AvgIpc) is 3.24. The highest BCUT2D eigenvalue weighted by molar-refractivity contribution is 5.97. The van der Waals surface area contributed by atoms with E-state index < -0.39 is 17.7 Å². The summed E-state index contributed by atoms with van der Waals surface area (Å²) in [4.78, 5) is 29.6. The molecule has 1 heterocycles. The Labute approximate surface area is 194 Å². The molecule has 3 aliphatic carbocycles. The maximum absolute atomic E-state index is 13.0. The molecule has 5 rings (SSSR count). The quantitative estimate of drug-likeness (QED) is 0.603. The lowest BCUT2D eigenvalue weighted by Crippen LogP contribution is -2.44. The summed E-state index contributed by atoms with van der Waals surface area (Å²) in [6.07, 6.45) is 3.69. The van der Waals surface area contributed by atoms with Crippen LogP contribution in [0, 0.1) is 5.92 Å². The number of benzene rings is 1. The minimum absolute atomic E-state index is 0.0199. The summed E-state index contributed by atoms with van der Waals surface area (Å²) in [7, 11) is 1.51. The summed E-state index contributed by atoms with van der Waals surface area (Å²) >= 11 is 0. The molecule has 1 aromatic carbocycles. The molecule has 0 spiro atoms. The number of hydrogen-bond donors (Lipinski definition) is 2. The van der Waals surface area contributed by atoms with Gasteiger partial charge in [0.2, 0.25) is 0 Å². The van der Waals surface area contributed by atoms with Crippen LogP contribution < -0.4 is 15.4 Å². The molecule has 2 N–H and O–H groups in total. The summed E-state index contributed by atoms with van der Waals surface area (Å²) < 4.78 is 16.4. The molecule has 1 unspecified atom stereocenters. The van der Waals surface area contributed by atoms with Crippen molar-refractivity contribution in [3.8, 4) is 5.75 Å². The largest absolute Gasteiger partial charge is 0.496 e. The fourth-order valence-corrected chi connectivity index (χ4v) is 4.72. The third kappa shape index (κ3) is 5.21. The van der Waals surface area contributed by atoms with Gasteiger partial charge in [0, 0.05) is 17.8 Å². The topological polar surface area (TPSA) is 98.8 Å². The fourth-order valence-electron chi connectivity index (χ4n) is 4.72. The molecule has 3 fully saturated rings. The van der Waals surface area contributed by atoms with Crippen LogP contribution in [0.4, 0.5) is 10.6 Å². The van der Waals surface area contributed by atoms with Crippen LogP contribution in [0.5, 0.6) is 5.75 Å². The first kappa shape index (κ1) is 22.9. The Hall–Kier alpha value is -3.29. The zero-order chi connectivity index (χ0) is 23.6. The fraction of sp³-hybridized carbons (Fsp3) is 0.480. The normalized spacial score (nSPS) is 23.3. The Morgan fingerprint density at radius 3 is 2.52 bits per heavy atom. The van der Waals surface area contributed by atoms with Crippen LogP contribution in [0.2, 0.25) is 0 Å². The van der Waals surface area contributed by atoms with Gasteiger partial charge in [-0.15, -0.1) is 0 Å². The number of carbonyl (C=O) groups excluding carboxylic acids is 2. The van der Waals surface area contributed by atoms with Gasteiger partial charge in [-0.1, -0.05) is 30.3 Å². The number of amides is 1. The van der Waals surface area contributed by atoms with E-state index in [1.165, 1.54) is 7.11 Å². The van der Waals surface area contributed by atoms with Crippen LogP contribution in [-0.2, 0) is 16.1 Å². The predicted octanol–water partition coefficient (Wildman–Crippen LogP) is 4.30. The first-order chi connectivity index (χ1) is 15.7. The molecule has 2 bridgehead atoms. The van der Waals surface area contributed by atoms with Crippen LogP contribution >= 0.6 is 0 Å². The monoisotopic (exact) mass is 453 g/mol. The van der Waals surface area contributed by atoms with Gasteiger partial charge in [-0.25, -0.2) is 14.6 Å². The van der Waals surface area contributed by atoms with Gasteiger partial charge in [-0.05, 0) is 57.6 Å². The number of alkyl carbamates (subject to hydrolysis) is 1. The third-order valence-electron chi connectivity index (χ3n) is 6.12. The van der Waals surface area contributed by atoms with Crippen molar-refractivity contribution in [1.82, 2.24) is 10.3 Å². The van der Waals surface area contributed by atoms with E-state index in [1.54, 1.807) is 12.3 Å². The van der Waals surface area contributed by atoms with E-state index in [4.69, 9.17) is 14.2 Å². The van der Waals surface area contributed by atoms with Crippen molar-refractivity contribution in [1.29, 1.82) is 0 Å². The number of esters is 1.